The molecular weight excluding hydrogens is 188 g/mol. The molecule has 1 saturated carbocycles. The first kappa shape index (κ1) is 10.1. The smallest absolute Gasteiger partial charge is 0.0718 e. The summed E-state index contributed by atoms with van der Waals surface area (Å²) in [6.45, 7) is 2.20. The third-order valence-electron chi connectivity index (χ3n) is 4.52. The first-order chi connectivity index (χ1) is 7.36. The van der Waals surface area contributed by atoms with E-state index in [1.807, 2.05) is 0 Å². The van der Waals surface area contributed by atoms with Crippen LogP contribution < -0.4 is 5.32 Å². The molecule has 86 valence electrons. The van der Waals surface area contributed by atoms with Gasteiger partial charge in [-0.15, -0.1) is 0 Å². The molecule has 1 N–H and O–H groups in total. The van der Waals surface area contributed by atoms with Crippen molar-refractivity contribution in [2.45, 2.75) is 56.3 Å². The second kappa shape index (κ2) is 4.04. The van der Waals surface area contributed by atoms with E-state index in [-0.39, 0.29) is 0 Å². The third kappa shape index (κ3) is 1.81. The predicted octanol–water partition coefficient (Wildman–Crippen LogP) is 0.990. The van der Waals surface area contributed by atoms with E-state index in [9.17, 15) is 0 Å². The van der Waals surface area contributed by atoms with E-state index < -0.39 is 0 Å². The van der Waals surface area contributed by atoms with Gasteiger partial charge in [0.05, 0.1) is 12.7 Å². The summed E-state index contributed by atoms with van der Waals surface area (Å²) >= 11 is 0. The fraction of sp³-hybridized carbons (Fsp3) is 1.00. The molecule has 3 nitrogen and oxygen atoms in total. The molecule has 2 unspecified atom stereocenters. The Kier molecular flexibility index (Phi) is 2.71. The van der Waals surface area contributed by atoms with Gasteiger partial charge in [0, 0.05) is 24.7 Å². The molecule has 3 fully saturated rings. The lowest BCUT2D eigenvalue weighted by atomic mass is 9.90. The topological polar surface area (TPSA) is 24.5 Å². The monoisotopic (exact) mass is 210 g/mol. The summed E-state index contributed by atoms with van der Waals surface area (Å²) in [5, 5.41) is 3.41. The Morgan fingerprint density at radius 2 is 1.93 bits per heavy atom. The van der Waals surface area contributed by atoms with Gasteiger partial charge < -0.3 is 10.1 Å². The Balaban J connectivity index is 1.56. The van der Waals surface area contributed by atoms with E-state index in [1.165, 1.54) is 38.6 Å². The number of morpholine rings is 1. The van der Waals surface area contributed by atoms with Crippen LogP contribution in [0.15, 0.2) is 0 Å². The van der Waals surface area contributed by atoms with Crippen molar-refractivity contribution in [3.05, 3.63) is 0 Å². The molecule has 3 heteroatoms. The number of nitrogens with one attached hydrogen (secondary N) is 1. The molecular formula is C12H22N2O. The predicted molar refractivity (Wildman–Crippen MR) is 60.0 cm³/mol. The van der Waals surface area contributed by atoms with E-state index in [0.29, 0.717) is 6.10 Å². The summed E-state index contributed by atoms with van der Waals surface area (Å²) in [7, 11) is 2.09. The second-order valence-corrected chi connectivity index (χ2v) is 5.34. The quantitative estimate of drug-likeness (QED) is 0.735. The van der Waals surface area contributed by atoms with Gasteiger partial charge in [0.25, 0.3) is 0 Å². The molecule has 0 aromatic carbocycles. The maximum Gasteiger partial charge on any atom is 0.0718 e. The molecule has 2 aliphatic heterocycles. The van der Waals surface area contributed by atoms with Crippen LogP contribution >= 0.6 is 0 Å². The molecule has 1 aliphatic carbocycles. The molecule has 2 heterocycles. The molecule has 0 radical (unpaired) electrons. The molecule has 3 aliphatic rings. The molecule has 2 saturated heterocycles. The molecule has 3 rings (SSSR count). The zero-order valence-corrected chi connectivity index (χ0v) is 9.61. The van der Waals surface area contributed by atoms with Crippen molar-refractivity contribution in [2.24, 2.45) is 0 Å². The van der Waals surface area contributed by atoms with Crippen LogP contribution in [0.3, 0.4) is 0 Å². The molecule has 0 aromatic rings. The lowest BCUT2D eigenvalue weighted by Crippen LogP contribution is -2.47. The highest BCUT2D eigenvalue weighted by atomic mass is 16.5. The van der Waals surface area contributed by atoms with Crippen molar-refractivity contribution in [3.63, 3.8) is 0 Å². The van der Waals surface area contributed by atoms with Crippen molar-refractivity contribution in [3.8, 4) is 0 Å². The van der Waals surface area contributed by atoms with Gasteiger partial charge in [-0.05, 0) is 39.2 Å². The van der Waals surface area contributed by atoms with Gasteiger partial charge in [-0.2, -0.15) is 0 Å². The van der Waals surface area contributed by atoms with E-state index in [2.05, 4.69) is 17.3 Å². The fourth-order valence-electron chi connectivity index (χ4n) is 3.57. The van der Waals surface area contributed by atoms with Crippen LogP contribution in [0.25, 0.3) is 0 Å². The average molecular weight is 210 g/mol. The number of nitrogens with zero attached hydrogens (tertiary/aromatic N) is 1. The standard InChI is InChI=1S/C12H22N2O/c1-13-9-2-4-10(5-3-9)14-7-12-6-11(14)8-15-12/h9-13H,2-8H2,1H3. The van der Waals surface area contributed by atoms with Crippen molar-refractivity contribution >= 4 is 0 Å². The minimum atomic E-state index is 0.567. The summed E-state index contributed by atoms with van der Waals surface area (Å²) in [4.78, 5) is 2.74. The fourth-order valence-corrected chi connectivity index (χ4v) is 3.57. The maximum atomic E-state index is 5.66. The molecule has 0 amide bonds. The summed E-state index contributed by atoms with van der Waals surface area (Å²) in [5.74, 6) is 0. The average Bonchev–Trinajstić information content (AvgIpc) is 2.91. The van der Waals surface area contributed by atoms with Crippen molar-refractivity contribution < 1.29 is 4.74 Å². The Labute approximate surface area is 92.2 Å². The molecule has 0 aromatic heterocycles. The Morgan fingerprint density at radius 3 is 2.47 bits per heavy atom. The summed E-state index contributed by atoms with van der Waals surface area (Å²) < 4.78 is 5.66. The van der Waals surface area contributed by atoms with E-state index in [0.717, 1.165) is 24.7 Å². The van der Waals surface area contributed by atoms with E-state index in [1.54, 1.807) is 0 Å². The minimum absolute atomic E-state index is 0.567. The minimum Gasteiger partial charge on any atom is -0.375 e. The number of hydrogen-bond acceptors (Lipinski definition) is 3. The Bertz CT molecular complexity index is 226. The number of hydrogen-bond donors (Lipinski definition) is 1. The number of fused-ring (bicyclic) bond motifs is 2. The molecule has 15 heavy (non-hydrogen) atoms. The van der Waals surface area contributed by atoms with Gasteiger partial charge in [-0.1, -0.05) is 0 Å². The highest BCUT2D eigenvalue weighted by molar-refractivity contribution is 4.96. The number of likely N-dealkylation sites (tertiary alicyclic amines) is 1. The second-order valence-electron chi connectivity index (χ2n) is 5.34. The zero-order valence-electron chi connectivity index (χ0n) is 9.61. The van der Waals surface area contributed by atoms with Crippen molar-refractivity contribution in [1.82, 2.24) is 10.2 Å². The van der Waals surface area contributed by atoms with Crippen LogP contribution in [0.1, 0.15) is 32.1 Å². The van der Waals surface area contributed by atoms with Crippen molar-refractivity contribution in [2.75, 3.05) is 20.2 Å². The summed E-state index contributed by atoms with van der Waals surface area (Å²) in [6, 6.07) is 2.39. The van der Waals surface area contributed by atoms with Gasteiger partial charge in [0.2, 0.25) is 0 Å². The Hall–Kier alpha value is -0.120. The van der Waals surface area contributed by atoms with Crippen LogP contribution in [0, 0.1) is 0 Å². The van der Waals surface area contributed by atoms with Gasteiger partial charge in [0.1, 0.15) is 0 Å². The Morgan fingerprint density at radius 1 is 1.13 bits per heavy atom. The maximum absolute atomic E-state index is 5.66. The largest absolute Gasteiger partial charge is 0.375 e. The first-order valence-corrected chi connectivity index (χ1v) is 6.41. The van der Waals surface area contributed by atoms with Crippen LogP contribution in [0.2, 0.25) is 0 Å². The SMILES string of the molecule is CNC1CCC(N2CC3CC2CO3)CC1. The van der Waals surface area contributed by atoms with Gasteiger partial charge in [-0.3, -0.25) is 4.90 Å². The van der Waals surface area contributed by atoms with E-state index in [4.69, 9.17) is 4.74 Å². The molecule has 0 spiro atoms. The van der Waals surface area contributed by atoms with Gasteiger partial charge in [-0.25, -0.2) is 0 Å². The first-order valence-electron chi connectivity index (χ1n) is 6.41. The lowest BCUT2D eigenvalue weighted by Gasteiger charge is -2.38. The van der Waals surface area contributed by atoms with Gasteiger partial charge >= 0.3 is 0 Å². The van der Waals surface area contributed by atoms with E-state index >= 15 is 0 Å². The highest BCUT2D eigenvalue weighted by Gasteiger charge is 2.42. The highest BCUT2D eigenvalue weighted by Crippen LogP contribution is 2.34. The number of rotatable bonds is 2. The summed E-state index contributed by atoms with van der Waals surface area (Å²) in [6.07, 6.45) is 7.35. The van der Waals surface area contributed by atoms with Crippen LogP contribution in [-0.2, 0) is 4.74 Å². The normalized spacial score (nSPS) is 46.2. The van der Waals surface area contributed by atoms with Crippen LogP contribution in [-0.4, -0.2) is 49.3 Å². The van der Waals surface area contributed by atoms with Crippen molar-refractivity contribution in [1.29, 1.82) is 0 Å². The zero-order chi connectivity index (χ0) is 10.3. The van der Waals surface area contributed by atoms with Crippen LogP contribution in [0.5, 0.6) is 0 Å². The number of ether oxygens (including phenoxy) is 1. The summed E-state index contributed by atoms with van der Waals surface area (Å²) in [5.41, 5.74) is 0. The van der Waals surface area contributed by atoms with Crippen LogP contribution in [0.4, 0.5) is 0 Å². The third-order valence-corrected chi connectivity index (χ3v) is 4.52. The molecule has 2 atom stereocenters. The molecule has 2 bridgehead atoms. The lowest BCUT2D eigenvalue weighted by molar-refractivity contribution is 0.00225. The van der Waals surface area contributed by atoms with Gasteiger partial charge in [0.15, 0.2) is 0 Å².